The molecule has 0 radical (unpaired) electrons. The summed E-state index contributed by atoms with van der Waals surface area (Å²) in [5, 5.41) is 4.18. The van der Waals surface area contributed by atoms with Crippen LogP contribution in [0.2, 0.25) is 0 Å². The van der Waals surface area contributed by atoms with Gasteiger partial charge in [-0.2, -0.15) is 9.78 Å². The fraction of sp³-hybridized carbons (Fsp3) is 0.500. The Morgan fingerprint density at radius 3 is 2.77 bits per heavy atom. The SMILES string of the molecule is Nc1c2c(nn1C(=O)I)CCCC2. The van der Waals surface area contributed by atoms with E-state index in [4.69, 9.17) is 5.73 Å². The van der Waals surface area contributed by atoms with Crippen molar-refractivity contribution in [3.8, 4) is 0 Å². The minimum absolute atomic E-state index is 0.135. The molecule has 0 saturated carbocycles. The van der Waals surface area contributed by atoms with Crippen molar-refractivity contribution in [3.63, 3.8) is 0 Å². The Bertz CT molecular complexity index is 359. The first-order valence-electron chi connectivity index (χ1n) is 4.26. The Morgan fingerprint density at radius 2 is 2.15 bits per heavy atom. The van der Waals surface area contributed by atoms with Gasteiger partial charge in [-0.3, -0.25) is 4.79 Å². The predicted octanol–water partition coefficient (Wildman–Crippen LogP) is 1.75. The maximum Gasteiger partial charge on any atom is 0.309 e. The molecular formula is C8H10IN3O. The van der Waals surface area contributed by atoms with E-state index in [9.17, 15) is 4.79 Å². The average molecular weight is 291 g/mol. The number of rotatable bonds is 0. The summed E-state index contributed by atoms with van der Waals surface area (Å²) in [6.07, 6.45) is 4.22. The molecule has 0 aliphatic heterocycles. The number of anilines is 1. The van der Waals surface area contributed by atoms with Crippen LogP contribution in [0.1, 0.15) is 24.1 Å². The van der Waals surface area contributed by atoms with Crippen molar-refractivity contribution < 1.29 is 4.79 Å². The van der Waals surface area contributed by atoms with E-state index in [0.717, 1.165) is 36.9 Å². The average Bonchev–Trinajstić information content (AvgIpc) is 2.45. The highest BCUT2D eigenvalue weighted by Gasteiger charge is 2.20. The minimum atomic E-state index is -0.135. The molecule has 1 aromatic rings. The van der Waals surface area contributed by atoms with Crippen LogP contribution in [0.25, 0.3) is 0 Å². The van der Waals surface area contributed by atoms with Crippen molar-refractivity contribution in [1.29, 1.82) is 0 Å². The molecule has 13 heavy (non-hydrogen) atoms. The number of carbonyl (C=O) groups is 1. The summed E-state index contributed by atoms with van der Waals surface area (Å²) in [7, 11) is 0. The first kappa shape index (κ1) is 8.98. The molecule has 0 saturated heterocycles. The number of fused-ring (bicyclic) bond motifs is 1. The third kappa shape index (κ3) is 1.45. The quantitative estimate of drug-likeness (QED) is 0.585. The molecular weight excluding hydrogens is 281 g/mol. The number of carbonyl (C=O) groups excluding carboxylic acids is 1. The molecule has 1 aromatic heterocycles. The lowest BCUT2D eigenvalue weighted by Crippen LogP contribution is -2.08. The summed E-state index contributed by atoms with van der Waals surface area (Å²) in [6, 6.07) is 0. The van der Waals surface area contributed by atoms with Gasteiger partial charge in [0.15, 0.2) is 0 Å². The molecule has 70 valence electrons. The summed E-state index contributed by atoms with van der Waals surface area (Å²) < 4.78 is 1.17. The maximum absolute atomic E-state index is 11.1. The largest absolute Gasteiger partial charge is 0.383 e. The van der Waals surface area contributed by atoms with Gasteiger partial charge in [-0.1, -0.05) is 0 Å². The van der Waals surface area contributed by atoms with E-state index in [1.54, 1.807) is 22.6 Å². The molecule has 0 bridgehead atoms. The Morgan fingerprint density at radius 1 is 1.46 bits per heavy atom. The first-order chi connectivity index (χ1) is 6.20. The minimum Gasteiger partial charge on any atom is -0.383 e. The van der Waals surface area contributed by atoms with Crippen molar-refractivity contribution in [1.82, 2.24) is 9.78 Å². The molecule has 0 spiro atoms. The second kappa shape index (κ2) is 3.28. The van der Waals surface area contributed by atoms with Gasteiger partial charge in [0.1, 0.15) is 5.82 Å². The number of aryl methyl sites for hydroxylation is 1. The molecule has 0 amide bonds. The highest BCUT2D eigenvalue weighted by atomic mass is 127. The van der Waals surface area contributed by atoms with Gasteiger partial charge >= 0.3 is 3.91 Å². The lowest BCUT2D eigenvalue weighted by Gasteiger charge is -2.08. The molecule has 1 aliphatic rings. The second-order valence-corrected chi connectivity index (χ2v) is 4.11. The fourth-order valence-corrected chi connectivity index (χ4v) is 2.08. The van der Waals surface area contributed by atoms with Crippen LogP contribution in [0.5, 0.6) is 0 Å². The summed E-state index contributed by atoms with van der Waals surface area (Å²) in [6.45, 7) is 0. The highest BCUT2D eigenvalue weighted by Crippen LogP contribution is 2.25. The number of hydrogen-bond donors (Lipinski definition) is 1. The zero-order chi connectivity index (χ0) is 9.42. The molecule has 1 aliphatic carbocycles. The van der Waals surface area contributed by atoms with E-state index in [1.807, 2.05) is 0 Å². The summed E-state index contributed by atoms with van der Waals surface area (Å²) in [5.41, 5.74) is 7.89. The van der Waals surface area contributed by atoms with Crippen molar-refractivity contribution in [3.05, 3.63) is 11.3 Å². The molecule has 1 heterocycles. The summed E-state index contributed by atoms with van der Waals surface area (Å²) in [4.78, 5) is 11.1. The van der Waals surface area contributed by atoms with Gasteiger partial charge in [-0.05, 0) is 25.7 Å². The van der Waals surface area contributed by atoms with E-state index in [0.29, 0.717) is 5.82 Å². The van der Waals surface area contributed by atoms with Crippen LogP contribution >= 0.6 is 22.6 Å². The van der Waals surface area contributed by atoms with Gasteiger partial charge in [0.2, 0.25) is 0 Å². The van der Waals surface area contributed by atoms with Gasteiger partial charge in [0.05, 0.1) is 5.69 Å². The lowest BCUT2D eigenvalue weighted by molar-refractivity contribution is 0.262. The molecule has 5 heteroatoms. The van der Waals surface area contributed by atoms with E-state index >= 15 is 0 Å². The highest BCUT2D eigenvalue weighted by molar-refractivity contribution is 14.1. The Hall–Kier alpha value is -0.590. The van der Waals surface area contributed by atoms with Crippen molar-refractivity contribution in [2.75, 3.05) is 5.73 Å². The molecule has 0 unspecified atom stereocenters. The van der Waals surface area contributed by atoms with E-state index in [2.05, 4.69) is 5.10 Å². The summed E-state index contributed by atoms with van der Waals surface area (Å²) in [5.74, 6) is 0.536. The van der Waals surface area contributed by atoms with Crippen LogP contribution in [-0.2, 0) is 12.8 Å². The number of nitrogens with zero attached hydrogens (tertiary/aromatic N) is 2. The third-order valence-corrected chi connectivity index (χ3v) is 2.82. The van der Waals surface area contributed by atoms with Crippen LogP contribution in [0.3, 0.4) is 0 Å². The van der Waals surface area contributed by atoms with Crippen LogP contribution in [0.4, 0.5) is 10.6 Å². The summed E-state index contributed by atoms with van der Waals surface area (Å²) >= 11 is 1.70. The Labute approximate surface area is 89.6 Å². The topological polar surface area (TPSA) is 60.9 Å². The molecule has 2 rings (SSSR count). The standard InChI is InChI=1S/C8H10IN3O/c9-8(13)12-7(10)5-3-1-2-4-6(5)11-12/h1-4,10H2. The van der Waals surface area contributed by atoms with Gasteiger partial charge in [-0.15, -0.1) is 0 Å². The zero-order valence-corrected chi connectivity index (χ0v) is 9.24. The lowest BCUT2D eigenvalue weighted by atomic mass is 9.98. The number of nitrogens with two attached hydrogens (primary N) is 1. The normalized spacial score (nSPS) is 15.5. The second-order valence-electron chi connectivity index (χ2n) is 3.18. The van der Waals surface area contributed by atoms with Crippen molar-refractivity contribution in [2.24, 2.45) is 0 Å². The van der Waals surface area contributed by atoms with Crippen LogP contribution < -0.4 is 5.73 Å². The van der Waals surface area contributed by atoms with Crippen LogP contribution in [-0.4, -0.2) is 13.7 Å². The predicted molar refractivity (Wildman–Crippen MR) is 58.1 cm³/mol. The monoisotopic (exact) mass is 291 g/mol. The van der Waals surface area contributed by atoms with Gasteiger partial charge in [0, 0.05) is 28.2 Å². The smallest absolute Gasteiger partial charge is 0.309 e. The van der Waals surface area contributed by atoms with Crippen LogP contribution in [0, 0.1) is 0 Å². The fourth-order valence-electron chi connectivity index (χ4n) is 1.71. The van der Waals surface area contributed by atoms with Gasteiger partial charge in [0.25, 0.3) is 0 Å². The maximum atomic E-state index is 11.1. The molecule has 2 N–H and O–H groups in total. The van der Waals surface area contributed by atoms with E-state index in [1.165, 1.54) is 4.68 Å². The van der Waals surface area contributed by atoms with Crippen LogP contribution in [0.15, 0.2) is 0 Å². The van der Waals surface area contributed by atoms with Crippen molar-refractivity contribution in [2.45, 2.75) is 25.7 Å². The van der Waals surface area contributed by atoms with Gasteiger partial charge in [-0.25, -0.2) is 0 Å². The Balaban J connectivity index is 2.50. The van der Waals surface area contributed by atoms with Gasteiger partial charge < -0.3 is 5.73 Å². The zero-order valence-electron chi connectivity index (χ0n) is 7.09. The molecule has 0 atom stereocenters. The van der Waals surface area contributed by atoms with E-state index < -0.39 is 0 Å². The number of aromatic nitrogens is 2. The molecule has 0 fully saturated rings. The number of hydrogen-bond acceptors (Lipinski definition) is 3. The molecule has 4 nitrogen and oxygen atoms in total. The first-order valence-corrected chi connectivity index (χ1v) is 5.34. The third-order valence-electron chi connectivity index (χ3n) is 2.36. The number of nitrogen functional groups attached to an aromatic ring is 1. The number of halogens is 1. The van der Waals surface area contributed by atoms with E-state index in [-0.39, 0.29) is 3.91 Å². The Kier molecular flexibility index (Phi) is 2.27. The molecule has 0 aromatic carbocycles. The van der Waals surface area contributed by atoms with Crippen molar-refractivity contribution >= 4 is 32.3 Å².